The van der Waals surface area contributed by atoms with Gasteiger partial charge in [0.15, 0.2) is 0 Å². The Kier molecular flexibility index (Phi) is 1.88. The Morgan fingerprint density at radius 2 is 1.17 bits per heavy atom. The molecule has 70 valence electrons. The van der Waals surface area contributed by atoms with Crippen molar-refractivity contribution in [2.24, 2.45) is 0 Å². The van der Waals surface area contributed by atoms with Crippen molar-refractivity contribution in [3.63, 3.8) is 0 Å². The Balaban J connectivity index is 1.83. The van der Waals surface area contributed by atoms with E-state index in [0.717, 1.165) is 0 Å². The van der Waals surface area contributed by atoms with Gasteiger partial charge in [-0.25, -0.2) is 0 Å². The predicted octanol–water partition coefficient (Wildman–Crippen LogP) is -0.717. The van der Waals surface area contributed by atoms with Crippen LogP contribution < -0.4 is 0 Å². The molecule has 0 spiro atoms. The van der Waals surface area contributed by atoms with Crippen LogP contribution in [0.4, 0.5) is 0 Å². The highest BCUT2D eigenvalue weighted by Gasteiger charge is 2.51. The average Bonchev–Trinajstić information content (AvgIpc) is 2.88. The first-order valence-electron chi connectivity index (χ1n) is 4.28. The molecule has 0 radical (unpaired) electrons. The molecule has 6 unspecified atom stereocenters. The number of hydrogen-bond acceptors (Lipinski definition) is 4. The number of ether oxygens (including phenoxy) is 2. The van der Waals surface area contributed by atoms with Crippen molar-refractivity contribution >= 4 is 0 Å². The smallest absolute Gasteiger partial charge is 0.112 e. The maximum Gasteiger partial charge on any atom is 0.112 e. The first-order chi connectivity index (χ1) is 5.61. The summed E-state index contributed by atoms with van der Waals surface area (Å²) >= 11 is 0. The molecule has 2 aliphatic heterocycles. The Morgan fingerprint density at radius 1 is 0.917 bits per heavy atom. The molecule has 2 fully saturated rings. The molecular weight excluding hydrogens is 160 g/mol. The second kappa shape index (κ2) is 2.67. The molecule has 12 heavy (non-hydrogen) atoms. The van der Waals surface area contributed by atoms with Crippen molar-refractivity contribution in [3.05, 3.63) is 0 Å². The zero-order valence-corrected chi connectivity index (χ0v) is 7.18. The van der Waals surface area contributed by atoms with Gasteiger partial charge in [-0.05, 0) is 13.8 Å². The molecule has 0 aliphatic carbocycles. The lowest BCUT2D eigenvalue weighted by Crippen LogP contribution is -2.36. The molecule has 0 saturated carbocycles. The van der Waals surface area contributed by atoms with Crippen molar-refractivity contribution in [3.8, 4) is 0 Å². The molecule has 0 aromatic carbocycles. The Bertz CT molecular complexity index is 164. The number of rotatable bonds is 3. The van der Waals surface area contributed by atoms with E-state index < -0.39 is 12.2 Å². The third-order valence-electron chi connectivity index (χ3n) is 2.54. The van der Waals surface area contributed by atoms with E-state index in [4.69, 9.17) is 9.47 Å². The van der Waals surface area contributed by atoms with Gasteiger partial charge >= 0.3 is 0 Å². The molecule has 0 aromatic heterocycles. The van der Waals surface area contributed by atoms with Crippen LogP contribution in [0.3, 0.4) is 0 Å². The number of hydrogen-bond donors (Lipinski definition) is 2. The molecule has 0 bridgehead atoms. The van der Waals surface area contributed by atoms with Gasteiger partial charge in [0.25, 0.3) is 0 Å². The number of epoxide rings is 2. The van der Waals surface area contributed by atoms with Crippen LogP contribution >= 0.6 is 0 Å². The van der Waals surface area contributed by atoms with Gasteiger partial charge in [0.05, 0.1) is 12.2 Å². The second-order valence-electron chi connectivity index (χ2n) is 3.59. The van der Waals surface area contributed by atoms with Crippen LogP contribution in [0.15, 0.2) is 0 Å². The summed E-state index contributed by atoms with van der Waals surface area (Å²) in [5.41, 5.74) is 0. The van der Waals surface area contributed by atoms with Gasteiger partial charge in [-0.15, -0.1) is 0 Å². The van der Waals surface area contributed by atoms with E-state index >= 15 is 0 Å². The lowest BCUT2D eigenvalue weighted by molar-refractivity contribution is -0.0117. The van der Waals surface area contributed by atoms with E-state index in [1.54, 1.807) is 0 Å². The highest BCUT2D eigenvalue weighted by Crippen LogP contribution is 2.32. The van der Waals surface area contributed by atoms with Crippen LogP contribution in [0.25, 0.3) is 0 Å². The normalized spacial score (nSPS) is 50.0. The minimum Gasteiger partial charge on any atom is -0.387 e. The van der Waals surface area contributed by atoms with E-state index in [0.29, 0.717) is 0 Å². The highest BCUT2D eigenvalue weighted by molar-refractivity contribution is 4.98. The largest absolute Gasteiger partial charge is 0.387 e. The number of aliphatic hydroxyl groups excluding tert-OH is 2. The molecule has 4 heteroatoms. The van der Waals surface area contributed by atoms with Gasteiger partial charge in [0.2, 0.25) is 0 Å². The summed E-state index contributed by atoms with van der Waals surface area (Å²) in [6.45, 7) is 3.75. The molecule has 6 atom stereocenters. The van der Waals surface area contributed by atoms with Crippen LogP contribution in [0.5, 0.6) is 0 Å². The van der Waals surface area contributed by atoms with Gasteiger partial charge < -0.3 is 19.7 Å². The van der Waals surface area contributed by atoms with Gasteiger partial charge in [-0.1, -0.05) is 0 Å². The van der Waals surface area contributed by atoms with Crippen LogP contribution in [0.1, 0.15) is 13.8 Å². The van der Waals surface area contributed by atoms with Gasteiger partial charge in [0, 0.05) is 0 Å². The summed E-state index contributed by atoms with van der Waals surface area (Å²) in [5.74, 6) is 0. The quantitative estimate of drug-likeness (QED) is 0.554. The Labute approximate surface area is 71.1 Å². The Morgan fingerprint density at radius 3 is 1.33 bits per heavy atom. The maximum absolute atomic E-state index is 9.50. The van der Waals surface area contributed by atoms with E-state index in [9.17, 15) is 10.2 Å². The number of aliphatic hydroxyl groups is 2. The summed E-state index contributed by atoms with van der Waals surface area (Å²) in [6, 6.07) is 0. The fourth-order valence-electron chi connectivity index (χ4n) is 1.51. The van der Waals surface area contributed by atoms with Gasteiger partial charge in [0.1, 0.15) is 24.4 Å². The fourth-order valence-corrected chi connectivity index (χ4v) is 1.51. The average molecular weight is 174 g/mol. The summed E-state index contributed by atoms with van der Waals surface area (Å²) < 4.78 is 10.1. The fraction of sp³-hybridized carbons (Fsp3) is 1.00. The third-order valence-corrected chi connectivity index (χ3v) is 2.54. The standard InChI is InChI=1S/C8H14O4/c1-3-7(11-3)5(9)6(10)8-4(2)12-8/h3-10H,1-2H3. The molecule has 2 N–H and O–H groups in total. The molecule has 2 saturated heterocycles. The third kappa shape index (κ3) is 1.35. The molecule has 0 amide bonds. The summed E-state index contributed by atoms with van der Waals surface area (Å²) in [6.07, 6.45) is -1.84. The zero-order valence-electron chi connectivity index (χ0n) is 7.18. The van der Waals surface area contributed by atoms with Crippen molar-refractivity contribution in [2.45, 2.75) is 50.5 Å². The molecule has 2 rings (SSSR count). The molecule has 0 aromatic rings. The first-order valence-corrected chi connectivity index (χ1v) is 4.28. The maximum atomic E-state index is 9.50. The molecular formula is C8H14O4. The van der Waals surface area contributed by atoms with E-state index in [1.165, 1.54) is 0 Å². The van der Waals surface area contributed by atoms with Crippen molar-refractivity contribution in [1.29, 1.82) is 0 Å². The van der Waals surface area contributed by atoms with Gasteiger partial charge in [-0.3, -0.25) is 0 Å². The minimum absolute atomic E-state index is 0.0729. The molecule has 4 nitrogen and oxygen atoms in total. The highest BCUT2D eigenvalue weighted by atomic mass is 16.6. The SMILES string of the molecule is CC1OC1C(O)C(O)C1OC1C. The summed E-state index contributed by atoms with van der Waals surface area (Å²) in [7, 11) is 0. The van der Waals surface area contributed by atoms with Crippen molar-refractivity contribution < 1.29 is 19.7 Å². The van der Waals surface area contributed by atoms with E-state index in [-0.39, 0.29) is 24.4 Å². The Hall–Kier alpha value is -0.160. The topological polar surface area (TPSA) is 65.5 Å². The summed E-state index contributed by atoms with van der Waals surface area (Å²) in [5, 5.41) is 19.0. The lowest BCUT2D eigenvalue weighted by atomic mass is 10.0. The molecule has 2 heterocycles. The zero-order chi connectivity index (χ0) is 8.88. The first kappa shape index (κ1) is 8.44. The van der Waals surface area contributed by atoms with Crippen LogP contribution in [-0.4, -0.2) is 46.8 Å². The lowest BCUT2D eigenvalue weighted by Gasteiger charge is -2.13. The van der Waals surface area contributed by atoms with Crippen LogP contribution in [0.2, 0.25) is 0 Å². The molecule has 2 aliphatic rings. The van der Waals surface area contributed by atoms with Crippen molar-refractivity contribution in [1.82, 2.24) is 0 Å². The van der Waals surface area contributed by atoms with Gasteiger partial charge in [-0.2, -0.15) is 0 Å². The minimum atomic E-state index is -0.796. The van der Waals surface area contributed by atoms with E-state index in [2.05, 4.69) is 0 Å². The second-order valence-corrected chi connectivity index (χ2v) is 3.59. The monoisotopic (exact) mass is 174 g/mol. The van der Waals surface area contributed by atoms with Crippen LogP contribution in [0, 0.1) is 0 Å². The van der Waals surface area contributed by atoms with Crippen LogP contribution in [-0.2, 0) is 9.47 Å². The van der Waals surface area contributed by atoms with E-state index in [1.807, 2.05) is 13.8 Å². The predicted molar refractivity (Wildman–Crippen MR) is 40.7 cm³/mol. The summed E-state index contributed by atoms with van der Waals surface area (Å²) in [4.78, 5) is 0. The van der Waals surface area contributed by atoms with Crippen molar-refractivity contribution in [2.75, 3.05) is 0 Å².